The van der Waals surface area contributed by atoms with Crippen LogP contribution in [0.5, 0.6) is 0 Å². The normalized spacial score (nSPS) is 13.2. The van der Waals surface area contributed by atoms with Gasteiger partial charge in [-0.2, -0.15) is 0 Å². The summed E-state index contributed by atoms with van der Waals surface area (Å²) >= 11 is 0. The lowest BCUT2D eigenvalue weighted by Gasteiger charge is -2.16. The second kappa shape index (κ2) is 6.26. The third-order valence-electron chi connectivity index (χ3n) is 2.82. The number of sulfone groups is 1. The number of hydrogen-bond acceptors (Lipinski definition) is 4. The van der Waals surface area contributed by atoms with Crippen LogP contribution >= 0.6 is 0 Å². The predicted molar refractivity (Wildman–Crippen MR) is 80.3 cm³/mol. The Balaban J connectivity index is 2.97. The van der Waals surface area contributed by atoms with Gasteiger partial charge in [0.15, 0.2) is 9.84 Å². The van der Waals surface area contributed by atoms with Crippen molar-refractivity contribution in [3.63, 3.8) is 0 Å². The molecule has 5 nitrogen and oxygen atoms in total. The van der Waals surface area contributed by atoms with E-state index in [1.807, 2.05) is 6.92 Å². The minimum Gasteiger partial charge on any atom is -0.399 e. The highest BCUT2D eigenvalue weighted by Gasteiger charge is 2.15. The molecule has 3 N–H and O–H groups in total. The first kappa shape index (κ1) is 16.5. The van der Waals surface area contributed by atoms with Crippen molar-refractivity contribution < 1.29 is 13.2 Å². The van der Waals surface area contributed by atoms with Crippen LogP contribution in [0, 0.1) is 5.92 Å². The average molecular weight is 298 g/mol. The topological polar surface area (TPSA) is 89.3 Å². The monoisotopic (exact) mass is 298 g/mol. The molecule has 1 rings (SSSR count). The van der Waals surface area contributed by atoms with Crippen LogP contribution in [0.25, 0.3) is 0 Å². The molecular formula is C14H22N2O3S. The molecule has 0 aliphatic carbocycles. The summed E-state index contributed by atoms with van der Waals surface area (Å²) < 4.78 is 23.1. The minimum absolute atomic E-state index is 0.0191. The largest absolute Gasteiger partial charge is 0.399 e. The molecule has 0 fully saturated rings. The van der Waals surface area contributed by atoms with Crippen molar-refractivity contribution in [2.75, 3.05) is 12.0 Å². The Hall–Kier alpha value is -1.56. The Morgan fingerprint density at radius 1 is 1.25 bits per heavy atom. The van der Waals surface area contributed by atoms with Crippen LogP contribution in [0.3, 0.4) is 0 Å². The van der Waals surface area contributed by atoms with Crippen molar-refractivity contribution in [1.29, 1.82) is 0 Å². The van der Waals surface area contributed by atoms with Gasteiger partial charge < -0.3 is 11.1 Å². The van der Waals surface area contributed by atoms with E-state index in [9.17, 15) is 13.2 Å². The van der Waals surface area contributed by atoms with Crippen LogP contribution in [0.1, 0.15) is 37.6 Å². The quantitative estimate of drug-likeness (QED) is 0.812. The number of benzene rings is 1. The Labute approximate surface area is 120 Å². The second-order valence-corrected chi connectivity index (χ2v) is 7.58. The smallest absolute Gasteiger partial charge is 0.251 e. The Kier molecular flexibility index (Phi) is 5.16. The molecule has 20 heavy (non-hydrogen) atoms. The zero-order valence-corrected chi connectivity index (χ0v) is 13.1. The maximum Gasteiger partial charge on any atom is 0.251 e. The molecule has 1 aromatic rings. The summed E-state index contributed by atoms with van der Waals surface area (Å²) in [6.45, 7) is 6.07. The van der Waals surface area contributed by atoms with Crippen LogP contribution in [-0.4, -0.2) is 26.6 Å². The van der Waals surface area contributed by atoms with E-state index in [0.29, 0.717) is 5.92 Å². The maximum atomic E-state index is 12.1. The first-order chi connectivity index (χ1) is 9.09. The van der Waals surface area contributed by atoms with Crippen LogP contribution in [-0.2, 0) is 9.84 Å². The summed E-state index contributed by atoms with van der Waals surface area (Å²) in [6, 6.07) is 4.20. The fourth-order valence-electron chi connectivity index (χ4n) is 2.04. The van der Waals surface area contributed by atoms with E-state index >= 15 is 0 Å². The summed E-state index contributed by atoms with van der Waals surface area (Å²) in [5.74, 6) is 0.160. The van der Waals surface area contributed by atoms with Crippen molar-refractivity contribution in [1.82, 2.24) is 5.32 Å². The van der Waals surface area contributed by atoms with E-state index in [1.54, 1.807) is 0 Å². The molecule has 6 heteroatoms. The standard InChI is InChI=1S/C14H22N2O3S/c1-9(2)5-10(3)16-14(17)11-6-12(15)8-13(7-11)20(4,18)19/h6-10H,5,15H2,1-4H3,(H,16,17). The van der Waals surface area contributed by atoms with Crippen LogP contribution < -0.4 is 11.1 Å². The number of anilines is 1. The van der Waals surface area contributed by atoms with Crippen molar-refractivity contribution in [3.8, 4) is 0 Å². The Morgan fingerprint density at radius 2 is 1.85 bits per heavy atom. The fraction of sp³-hybridized carbons (Fsp3) is 0.500. The number of nitrogens with two attached hydrogens (primary N) is 1. The van der Waals surface area contributed by atoms with E-state index in [0.717, 1.165) is 12.7 Å². The molecule has 0 aromatic heterocycles. The SMILES string of the molecule is CC(C)CC(C)NC(=O)c1cc(N)cc(S(C)(=O)=O)c1. The lowest BCUT2D eigenvalue weighted by Crippen LogP contribution is -2.33. The molecule has 0 saturated carbocycles. The first-order valence-electron chi connectivity index (χ1n) is 6.51. The molecule has 1 amide bonds. The predicted octanol–water partition coefficient (Wildman–Crippen LogP) is 1.84. The van der Waals surface area contributed by atoms with Gasteiger partial charge in [-0.15, -0.1) is 0 Å². The molecule has 0 radical (unpaired) electrons. The van der Waals surface area contributed by atoms with E-state index < -0.39 is 9.84 Å². The highest BCUT2D eigenvalue weighted by Crippen LogP contribution is 2.17. The maximum absolute atomic E-state index is 12.1. The number of carbonyl (C=O) groups is 1. The summed E-state index contributed by atoms with van der Waals surface area (Å²) in [5.41, 5.74) is 6.18. The number of nitrogen functional groups attached to an aromatic ring is 1. The van der Waals surface area contributed by atoms with Crippen molar-refractivity contribution in [3.05, 3.63) is 23.8 Å². The van der Waals surface area contributed by atoms with Crippen LogP contribution in [0.2, 0.25) is 0 Å². The van der Waals surface area contributed by atoms with E-state index in [2.05, 4.69) is 19.2 Å². The highest BCUT2D eigenvalue weighted by atomic mass is 32.2. The number of rotatable bonds is 5. The van der Waals surface area contributed by atoms with Gasteiger partial charge in [0.2, 0.25) is 0 Å². The minimum atomic E-state index is -3.39. The van der Waals surface area contributed by atoms with E-state index in [1.165, 1.54) is 18.2 Å². The summed E-state index contributed by atoms with van der Waals surface area (Å²) in [7, 11) is -3.39. The average Bonchev–Trinajstić information content (AvgIpc) is 2.25. The molecule has 0 bridgehead atoms. The van der Waals surface area contributed by atoms with Gasteiger partial charge in [0.1, 0.15) is 0 Å². The van der Waals surface area contributed by atoms with Gasteiger partial charge in [-0.25, -0.2) is 8.42 Å². The number of carbonyl (C=O) groups excluding carboxylic acids is 1. The summed E-state index contributed by atoms with van der Waals surface area (Å²) in [4.78, 5) is 12.2. The van der Waals surface area contributed by atoms with Gasteiger partial charge in [-0.05, 0) is 37.5 Å². The lowest BCUT2D eigenvalue weighted by atomic mass is 10.0. The molecule has 1 aromatic carbocycles. The van der Waals surface area contributed by atoms with Crippen molar-refractivity contribution in [2.45, 2.75) is 38.1 Å². The zero-order valence-electron chi connectivity index (χ0n) is 12.3. The van der Waals surface area contributed by atoms with Crippen molar-refractivity contribution in [2.24, 2.45) is 5.92 Å². The Bertz CT molecular complexity index is 594. The summed E-state index contributed by atoms with van der Waals surface area (Å²) in [6.07, 6.45) is 1.94. The van der Waals surface area contributed by atoms with E-state index in [4.69, 9.17) is 5.73 Å². The molecule has 1 unspecified atom stereocenters. The molecule has 0 saturated heterocycles. The van der Waals surface area contributed by atoms with E-state index in [-0.39, 0.29) is 28.1 Å². The molecule has 0 aliphatic heterocycles. The molecule has 0 spiro atoms. The number of hydrogen-bond donors (Lipinski definition) is 2. The third-order valence-corrected chi connectivity index (χ3v) is 3.91. The van der Waals surface area contributed by atoms with Crippen molar-refractivity contribution >= 4 is 21.4 Å². The van der Waals surface area contributed by atoms with Gasteiger partial charge in [-0.1, -0.05) is 13.8 Å². The second-order valence-electron chi connectivity index (χ2n) is 5.57. The van der Waals surface area contributed by atoms with Gasteiger partial charge in [-0.3, -0.25) is 4.79 Å². The first-order valence-corrected chi connectivity index (χ1v) is 8.40. The van der Waals surface area contributed by atoms with Crippen LogP contribution in [0.4, 0.5) is 5.69 Å². The van der Waals surface area contributed by atoms with Gasteiger partial charge >= 0.3 is 0 Å². The Morgan fingerprint density at radius 3 is 2.35 bits per heavy atom. The van der Waals surface area contributed by atoms with Gasteiger partial charge in [0.25, 0.3) is 5.91 Å². The third kappa shape index (κ3) is 4.85. The number of nitrogens with one attached hydrogen (secondary N) is 1. The van der Waals surface area contributed by atoms with Gasteiger partial charge in [0, 0.05) is 23.5 Å². The molecule has 112 valence electrons. The fourth-order valence-corrected chi connectivity index (χ4v) is 2.73. The lowest BCUT2D eigenvalue weighted by molar-refractivity contribution is 0.0936. The molecule has 0 heterocycles. The van der Waals surface area contributed by atoms with Crippen LogP contribution in [0.15, 0.2) is 23.1 Å². The number of amides is 1. The molecular weight excluding hydrogens is 276 g/mol. The highest BCUT2D eigenvalue weighted by molar-refractivity contribution is 7.90. The molecule has 0 aliphatic rings. The summed E-state index contributed by atoms with van der Waals surface area (Å²) in [5, 5.41) is 2.84. The molecule has 1 atom stereocenters. The zero-order chi connectivity index (χ0) is 15.5. The van der Waals surface area contributed by atoms with Gasteiger partial charge in [0.05, 0.1) is 4.90 Å².